The lowest BCUT2D eigenvalue weighted by atomic mass is 10.3. The molecule has 0 heterocycles. The molecule has 0 aliphatic heterocycles. The minimum Gasteiger partial charge on any atom is -0.481 e. The molecule has 2 aromatic rings. The molecule has 0 fully saturated rings. The van der Waals surface area contributed by atoms with E-state index in [0.29, 0.717) is 10.7 Å². The minimum absolute atomic E-state index is 0.135. The van der Waals surface area contributed by atoms with Crippen molar-refractivity contribution in [3.63, 3.8) is 0 Å². The number of carbonyl (C=O) groups is 1. The molecule has 4 nitrogen and oxygen atoms in total. The fraction of sp³-hybridized carbons (Fsp3) is 0.0714. The summed E-state index contributed by atoms with van der Waals surface area (Å²) in [5, 5.41) is 3.19. The first kappa shape index (κ1) is 14.1. The van der Waals surface area contributed by atoms with Gasteiger partial charge in [-0.1, -0.05) is 11.6 Å². The third-order valence-corrected chi connectivity index (χ3v) is 2.71. The van der Waals surface area contributed by atoms with Crippen LogP contribution in [0.15, 0.2) is 42.5 Å². The normalized spacial score (nSPS) is 10.1. The number of ether oxygens (including phenoxy) is 1. The summed E-state index contributed by atoms with van der Waals surface area (Å²) < 4.78 is 18.2. The van der Waals surface area contributed by atoms with Crippen LogP contribution in [0, 0.1) is 5.82 Å². The van der Waals surface area contributed by atoms with Crippen LogP contribution >= 0.6 is 11.6 Å². The summed E-state index contributed by atoms with van der Waals surface area (Å²) in [4.78, 5) is 11.7. The van der Waals surface area contributed by atoms with Gasteiger partial charge in [-0.3, -0.25) is 4.79 Å². The molecule has 6 heteroatoms. The van der Waals surface area contributed by atoms with Gasteiger partial charge in [0.25, 0.3) is 5.91 Å². The van der Waals surface area contributed by atoms with E-state index in [0.717, 1.165) is 6.07 Å². The van der Waals surface area contributed by atoms with Crippen molar-refractivity contribution in [2.45, 2.75) is 0 Å². The predicted molar refractivity (Wildman–Crippen MR) is 76.4 cm³/mol. The smallest absolute Gasteiger partial charge is 0.262 e. The van der Waals surface area contributed by atoms with Crippen LogP contribution in [0.1, 0.15) is 0 Å². The minimum atomic E-state index is -0.479. The standard InChI is InChI=1S/C14H12ClFN2O2/c15-9-1-4-11(5-2-9)18-14(19)8-20-13-7-10(16)3-6-12(13)17/h1-7H,8,17H2,(H,18,19). The van der Waals surface area contributed by atoms with Crippen LogP contribution < -0.4 is 15.8 Å². The first-order chi connectivity index (χ1) is 9.54. The number of nitrogens with one attached hydrogen (secondary N) is 1. The van der Waals surface area contributed by atoms with Crippen LogP contribution in [0.25, 0.3) is 0 Å². The Morgan fingerprint density at radius 2 is 1.95 bits per heavy atom. The Kier molecular flexibility index (Phi) is 4.42. The zero-order valence-corrected chi connectivity index (χ0v) is 11.2. The van der Waals surface area contributed by atoms with Crippen LogP contribution in [-0.2, 0) is 4.79 Å². The van der Waals surface area contributed by atoms with E-state index in [4.69, 9.17) is 22.1 Å². The van der Waals surface area contributed by atoms with Crippen LogP contribution in [0.3, 0.4) is 0 Å². The van der Waals surface area contributed by atoms with E-state index in [-0.39, 0.29) is 24.0 Å². The zero-order valence-electron chi connectivity index (χ0n) is 10.4. The van der Waals surface area contributed by atoms with E-state index in [1.54, 1.807) is 24.3 Å². The van der Waals surface area contributed by atoms with E-state index in [1.807, 2.05) is 0 Å². The van der Waals surface area contributed by atoms with Gasteiger partial charge in [0, 0.05) is 16.8 Å². The molecule has 0 saturated heterocycles. The molecule has 0 atom stereocenters. The maximum Gasteiger partial charge on any atom is 0.262 e. The zero-order chi connectivity index (χ0) is 14.5. The summed E-state index contributed by atoms with van der Waals surface area (Å²) in [6.45, 7) is -0.268. The van der Waals surface area contributed by atoms with Crippen molar-refractivity contribution in [1.29, 1.82) is 0 Å². The summed E-state index contributed by atoms with van der Waals surface area (Å²) in [7, 11) is 0. The number of carbonyl (C=O) groups excluding carboxylic acids is 1. The Bertz CT molecular complexity index is 617. The van der Waals surface area contributed by atoms with Gasteiger partial charge >= 0.3 is 0 Å². The molecule has 0 radical (unpaired) electrons. The van der Waals surface area contributed by atoms with E-state index in [1.165, 1.54) is 12.1 Å². The molecule has 0 unspecified atom stereocenters. The maximum absolute atomic E-state index is 13.0. The van der Waals surface area contributed by atoms with Crippen molar-refractivity contribution in [3.8, 4) is 5.75 Å². The van der Waals surface area contributed by atoms with Gasteiger partial charge in [0.2, 0.25) is 0 Å². The van der Waals surface area contributed by atoms with Crippen molar-refractivity contribution in [2.75, 3.05) is 17.7 Å². The number of anilines is 2. The number of benzene rings is 2. The van der Waals surface area contributed by atoms with Gasteiger partial charge in [-0.15, -0.1) is 0 Å². The summed E-state index contributed by atoms with van der Waals surface area (Å²) in [6.07, 6.45) is 0. The Balaban J connectivity index is 1.92. The second kappa shape index (κ2) is 6.25. The molecule has 0 aliphatic carbocycles. The molecule has 0 bridgehead atoms. The highest BCUT2D eigenvalue weighted by Gasteiger charge is 2.07. The molecule has 1 amide bonds. The van der Waals surface area contributed by atoms with Gasteiger partial charge in [-0.05, 0) is 36.4 Å². The van der Waals surface area contributed by atoms with Crippen LogP contribution in [0.5, 0.6) is 5.75 Å². The van der Waals surface area contributed by atoms with E-state index in [2.05, 4.69) is 5.32 Å². The van der Waals surface area contributed by atoms with Crippen LogP contribution in [0.2, 0.25) is 5.02 Å². The van der Waals surface area contributed by atoms with E-state index in [9.17, 15) is 9.18 Å². The van der Waals surface area contributed by atoms with E-state index < -0.39 is 5.82 Å². The number of nitrogens with two attached hydrogens (primary N) is 1. The Labute approximate surface area is 120 Å². The number of rotatable bonds is 4. The lowest BCUT2D eigenvalue weighted by Gasteiger charge is -2.09. The Hall–Kier alpha value is -2.27. The number of amides is 1. The van der Waals surface area contributed by atoms with Crippen molar-refractivity contribution in [1.82, 2.24) is 0 Å². The first-order valence-electron chi connectivity index (χ1n) is 5.78. The monoisotopic (exact) mass is 294 g/mol. The average Bonchev–Trinajstić information content (AvgIpc) is 2.42. The third-order valence-electron chi connectivity index (χ3n) is 2.46. The van der Waals surface area contributed by atoms with Crippen molar-refractivity contribution >= 4 is 28.9 Å². The fourth-order valence-corrected chi connectivity index (χ4v) is 1.63. The van der Waals surface area contributed by atoms with Crippen molar-refractivity contribution < 1.29 is 13.9 Å². The third kappa shape index (κ3) is 3.86. The lowest BCUT2D eigenvalue weighted by Crippen LogP contribution is -2.20. The number of halogens is 2. The highest BCUT2D eigenvalue weighted by atomic mass is 35.5. The second-order valence-corrected chi connectivity index (χ2v) is 4.46. The van der Waals surface area contributed by atoms with Crippen LogP contribution in [-0.4, -0.2) is 12.5 Å². The molecule has 0 saturated carbocycles. The molecular formula is C14H12ClFN2O2. The first-order valence-corrected chi connectivity index (χ1v) is 6.15. The van der Waals surface area contributed by atoms with Gasteiger partial charge in [0.05, 0.1) is 5.69 Å². The molecular weight excluding hydrogens is 283 g/mol. The van der Waals surface area contributed by atoms with Gasteiger partial charge in [0.15, 0.2) is 6.61 Å². The van der Waals surface area contributed by atoms with Gasteiger partial charge in [0.1, 0.15) is 11.6 Å². The molecule has 2 aromatic carbocycles. The number of hydrogen-bond acceptors (Lipinski definition) is 3. The highest BCUT2D eigenvalue weighted by molar-refractivity contribution is 6.30. The van der Waals surface area contributed by atoms with Gasteiger partial charge < -0.3 is 15.8 Å². The summed E-state index contributed by atoms with van der Waals surface area (Å²) in [5.74, 6) is -0.723. The molecule has 0 aromatic heterocycles. The summed E-state index contributed by atoms with van der Waals surface area (Å²) in [5.41, 5.74) is 6.47. The van der Waals surface area contributed by atoms with E-state index >= 15 is 0 Å². The molecule has 3 N–H and O–H groups in total. The number of nitrogen functional groups attached to an aromatic ring is 1. The number of hydrogen-bond donors (Lipinski definition) is 2. The highest BCUT2D eigenvalue weighted by Crippen LogP contribution is 2.22. The summed E-state index contributed by atoms with van der Waals surface area (Å²) in [6, 6.07) is 10.4. The Morgan fingerprint density at radius 3 is 2.65 bits per heavy atom. The lowest BCUT2D eigenvalue weighted by molar-refractivity contribution is -0.118. The molecule has 104 valence electrons. The van der Waals surface area contributed by atoms with Gasteiger partial charge in [-0.25, -0.2) is 4.39 Å². The molecule has 2 rings (SSSR count). The fourth-order valence-electron chi connectivity index (χ4n) is 1.51. The predicted octanol–water partition coefficient (Wildman–Crippen LogP) is 3.08. The molecule has 0 spiro atoms. The molecule has 0 aliphatic rings. The Morgan fingerprint density at radius 1 is 1.25 bits per heavy atom. The topological polar surface area (TPSA) is 64.3 Å². The van der Waals surface area contributed by atoms with Crippen molar-refractivity contribution in [3.05, 3.63) is 53.3 Å². The average molecular weight is 295 g/mol. The van der Waals surface area contributed by atoms with Crippen LogP contribution in [0.4, 0.5) is 15.8 Å². The molecule has 20 heavy (non-hydrogen) atoms. The maximum atomic E-state index is 13.0. The van der Waals surface area contributed by atoms with Crippen molar-refractivity contribution in [2.24, 2.45) is 0 Å². The van der Waals surface area contributed by atoms with Gasteiger partial charge in [-0.2, -0.15) is 0 Å². The quantitative estimate of drug-likeness (QED) is 0.852. The SMILES string of the molecule is Nc1ccc(F)cc1OCC(=O)Nc1ccc(Cl)cc1. The second-order valence-electron chi connectivity index (χ2n) is 4.03. The largest absolute Gasteiger partial charge is 0.481 e. The summed E-state index contributed by atoms with van der Waals surface area (Å²) >= 11 is 5.73.